The summed E-state index contributed by atoms with van der Waals surface area (Å²) in [5.41, 5.74) is 1.86. The number of amides is 3. The highest BCUT2D eigenvalue weighted by Gasteiger charge is 2.26. The maximum absolute atomic E-state index is 12.4. The predicted octanol–water partition coefficient (Wildman–Crippen LogP) is 3.91. The minimum Gasteiger partial charge on any atom is -0.385 e. The summed E-state index contributed by atoms with van der Waals surface area (Å²) in [6.07, 6.45) is 5.60. The Balaban J connectivity index is 1.64. The summed E-state index contributed by atoms with van der Waals surface area (Å²) in [5, 5.41) is 8.99. The summed E-state index contributed by atoms with van der Waals surface area (Å²) in [6.45, 7) is 9.13. The average molecular weight is 431 g/mol. The number of nitrogens with zero attached hydrogens (tertiary/aromatic N) is 1. The van der Waals surface area contributed by atoms with Crippen LogP contribution in [0.3, 0.4) is 0 Å². The molecule has 31 heavy (non-hydrogen) atoms. The molecule has 0 bridgehead atoms. The summed E-state index contributed by atoms with van der Waals surface area (Å²) >= 11 is 0. The van der Waals surface area contributed by atoms with E-state index in [1.165, 1.54) is 0 Å². The van der Waals surface area contributed by atoms with Crippen LogP contribution in [-0.2, 0) is 14.4 Å². The quantitative estimate of drug-likeness (QED) is 0.345. The number of rotatable bonds is 12. The van der Waals surface area contributed by atoms with Crippen molar-refractivity contribution in [3.05, 3.63) is 24.3 Å². The monoisotopic (exact) mass is 430 g/mol. The Bertz CT molecular complexity index is 740. The maximum Gasteiger partial charge on any atom is 0.249 e. The Labute approximate surface area is 186 Å². The van der Waals surface area contributed by atoms with Crippen LogP contribution in [0.25, 0.3) is 0 Å². The molecule has 3 amide bonds. The van der Waals surface area contributed by atoms with Gasteiger partial charge in [-0.15, -0.1) is 0 Å². The molecule has 1 fully saturated rings. The highest BCUT2D eigenvalue weighted by Crippen LogP contribution is 2.19. The van der Waals surface area contributed by atoms with Gasteiger partial charge in [0.2, 0.25) is 17.7 Å². The standard InChI is InChI=1S/C24H38N4O3/c1-17(2)28(18(3)4)23(30)12-7-5-6-8-15-25-19-10-9-11-20(16-19)26-21-13-14-22(29)27-24(21)31/h9-11,16-18,21,25-26H,5-8,12-15H2,1-4H3,(H,27,29,31). The molecule has 172 valence electrons. The van der Waals surface area contributed by atoms with Gasteiger partial charge in [0.05, 0.1) is 0 Å². The van der Waals surface area contributed by atoms with E-state index in [0.29, 0.717) is 19.3 Å². The van der Waals surface area contributed by atoms with E-state index >= 15 is 0 Å². The van der Waals surface area contributed by atoms with E-state index in [1.54, 1.807) is 0 Å². The van der Waals surface area contributed by atoms with Crippen LogP contribution in [0.4, 0.5) is 11.4 Å². The zero-order valence-electron chi connectivity index (χ0n) is 19.4. The lowest BCUT2D eigenvalue weighted by Crippen LogP contribution is -2.47. The van der Waals surface area contributed by atoms with Gasteiger partial charge in [-0.1, -0.05) is 18.9 Å². The van der Waals surface area contributed by atoms with Crippen molar-refractivity contribution >= 4 is 29.1 Å². The van der Waals surface area contributed by atoms with Crippen molar-refractivity contribution in [2.24, 2.45) is 0 Å². The number of unbranched alkanes of at least 4 members (excludes halogenated alkanes) is 3. The highest BCUT2D eigenvalue weighted by molar-refractivity contribution is 6.01. The Morgan fingerprint density at radius 2 is 1.74 bits per heavy atom. The fourth-order valence-corrected chi connectivity index (χ4v) is 4.04. The molecule has 1 aromatic rings. The minimum atomic E-state index is -0.377. The Hall–Kier alpha value is -2.57. The molecule has 7 nitrogen and oxygen atoms in total. The van der Waals surface area contributed by atoms with Crippen molar-refractivity contribution in [2.75, 3.05) is 17.2 Å². The van der Waals surface area contributed by atoms with E-state index in [1.807, 2.05) is 29.2 Å². The van der Waals surface area contributed by atoms with Gasteiger partial charge < -0.3 is 15.5 Å². The molecule has 1 atom stereocenters. The number of imide groups is 1. The first-order chi connectivity index (χ1) is 14.8. The van der Waals surface area contributed by atoms with E-state index in [4.69, 9.17) is 0 Å². The number of benzene rings is 1. The number of anilines is 2. The molecular weight excluding hydrogens is 392 g/mol. The zero-order valence-corrected chi connectivity index (χ0v) is 19.4. The van der Waals surface area contributed by atoms with Gasteiger partial charge in [-0.05, 0) is 65.2 Å². The number of hydrogen-bond acceptors (Lipinski definition) is 5. The second-order valence-corrected chi connectivity index (χ2v) is 8.81. The van der Waals surface area contributed by atoms with Gasteiger partial charge in [0.1, 0.15) is 6.04 Å². The molecule has 0 saturated carbocycles. The lowest BCUT2D eigenvalue weighted by molar-refractivity contribution is -0.135. The second kappa shape index (κ2) is 12.3. The molecule has 2 rings (SSSR count). The van der Waals surface area contributed by atoms with Gasteiger partial charge in [0.25, 0.3) is 0 Å². The first-order valence-electron chi connectivity index (χ1n) is 11.5. The van der Waals surface area contributed by atoms with Crippen LogP contribution < -0.4 is 16.0 Å². The fraction of sp³-hybridized carbons (Fsp3) is 0.625. The van der Waals surface area contributed by atoms with Gasteiger partial charge in [-0.25, -0.2) is 0 Å². The number of carbonyl (C=O) groups is 3. The normalized spacial score (nSPS) is 16.4. The molecule has 1 heterocycles. The Morgan fingerprint density at radius 1 is 1.06 bits per heavy atom. The molecule has 0 spiro atoms. The molecular formula is C24H38N4O3. The van der Waals surface area contributed by atoms with Gasteiger partial charge in [0.15, 0.2) is 0 Å². The molecule has 0 aromatic heterocycles. The smallest absolute Gasteiger partial charge is 0.249 e. The molecule has 0 aliphatic carbocycles. The molecule has 1 aliphatic rings. The molecule has 1 saturated heterocycles. The lowest BCUT2D eigenvalue weighted by atomic mass is 10.1. The zero-order chi connectivity index (χ0) is 22.8. The number of nitrogens with one attached hydrogen (secondary N) is 3. The van der Waals surface area contributed by atoms with Gasteiger partial charge in [0, 0.05) is 42.8 Å². The summed E-state index contributed by atoms with van der Waals surface area (Å²) in [7, 11) is 0. The fourth-order valence-electron chi connectivity index (χ4n) is 4.04. The van der Waals surface area contributed by atoms with Crippen molar-refractivity contribution in [1.29, 1.82) is 0 Å². The lowest BCUT2D eigenvalue weighted by Gasteiger charge is -2.30. The molecule has 0 radical (unpaired) electrons. The largest absolute Gasteiger partial charge is 0.385 e. The Kier molecular flexibility index (Phi) is 9.82. The Morgan fingerprint density at radius 3 is 2.42 bits per heavy atom. The van der Waals surface area contributed by atoms with E-state index in [-0.39, 0.29) is 35.8 Å². The summed E-state index contributed by atoms with van der Waals surface area (Å²) < 4.78 is 0. The third-order valence-electron chi connectivity index (χ3n) is 5.49. The number of piperidine rings is 1. The molecule has 1 aliphatic heterocycles. The molecule has 3 N–H and O–H groups in total. The first kappa shape index (κ1) is 24.7. The highest BCUT2D eigenvalue weighted by atomic mass is 16.2. The van der Waals surface area contributed by atoms with Crippen LogP contribution in [0.5, 0.6) is 0 Å². The average Bonchev–Trinajstić information content (AvgIpc) is 2.69. The van der Waals surface area contributed by atoms with Crippen molar-refractivity contribution in [1.82, 2.24) is 10.2 Å². The van der Waals surface area contributed by atoms with Crippen molar-refractivity contribution < 1.29 is 14.4 Å². The number of hydrogen-bond donors (Lipinski definition) is 3. The van der Waals surface area contributed by atoms with Crippen LogP contribution in [0.1, 0.15) is 72.6 Å². The second-order valence-electron chi connectivity index (χ2n) is 8.81. The van der Waals surface area contributed by atoms with E-state index in [9.17, 15) is 14.4 Å². The van der Waals surface area contributed by atoms with Crippen molar-refractivity contribution in [3.63, 3.8) is 0 Å². The van der Waals surface area contributed by atoms with Gasteiger partial charge in [-0.3, -0.25) is 19.7 Å². The maximum atomic E-state index is 12.4. The van der Waals surface area contributed by atoms with Gasteiger partial charge >= 0.3 is 0 Å². The molecule has 1 aromatic carbocycles. The van der Waals surface area contributed by atoms with Crippen molar-refractivity contribution in [3.8, 4) is 0 Å². The van der Waals surface area contributed by atoms with Crippen LogP contribution in [0, 0.1) is 0 Å². The molecule has 1 unspecified atom stereocenters. The number of carbonyl (C=O) groups excluding carboxylic acids is 3. The van der Waals surface area contributed by atoms with Crippen LogP contribution in [0.15, 0.2) is 24.3 Å². The van der Waals surface area contributed by atoms with E-state index in [2.05, 4.69) is 43.6 Å². The van der Waals surface area contributed by atoms with Crippen LogP contribution in [0.2, 0.25) is 0 Å². The van der Waals surface area contributed by atoms with E-state index in [0.717, 1.165) is 43.6 Å². The third kappa shape index (κ3) is 8.23. The topological polar surface area (TPSA) is 90.5 Å². The van der Waals surface area contributed by atoms with Crippen molar-refractivity contribution in [2.45, 2.75) is 90.8 Å². The summed E-state index contributed by atoms with van der Waals surface area (Å²) in [4.78, 5) is 37.5. The molecule has 7 heteroatoms. The third-order valence-corrected chi connectivity index (χ3v) is 5.49. The predicted molar refractivity (Wildman–Crippen MR) is 125 cm³/mol. The minimum absolute atomic E-state index is 0.208. The first-order valence-corrected chi connectivity index (χ1v) is 11.5. The van der Waals surface area contributed by atoms with Crippen LogP contribution in [-0.4, -0.2) is 47.3 Å². The SMILES string of the molecule is CC(C)N(C(=O)CCCCCCNc1cccc(NC2CCC(=O)NC2=O)c1)C(C)C. The van der Waals surface area contributed by atoms with E-state index < -0.39 is 0 Å². The summed E-state index contributed by atoms with van der Waals surface area (Å²) in [6, 6.07) is 7.96. The summed E-state index contributed by atoms with van der Waals surface area (Å²) in [5.74, 6) is -0.221. The van der Waals surface area contributed by atoms with Gasteiger partial charge in [-0.2, -0.15) is 0 Å². The van der Waals surface area contributed by atoms with Crippen LogP contribution >= 0.6 is 0 Å².